The van der Waals surface area contributed by atoms with Gasteiger partial charge < -0.3 is 5.32 Å². The van der Waals surface area contributed by atoms with E-state index < -0.39 is 10.8 Å². The second-order valence-electron chi connectivity index (χ2n) is 6.06. The first-order valence-corrected chi connectivity index (χ1v) is 9.53. The smallest absolute Gasteiger partial charge is 0.269 e. The predicted molar refractivity (Wildman–Crippen MR) is 94.4 cm³/mol. The lowest BCUT2D eigenvalue weighted by atomic mass is 9.87. The summed E-state index contributed by atoms with van der Waals surface area (Å²) >= 11 is 0. The zero-order chi connectivity index (χ0) is 17.1. The molecule has 0 saturated carbocycles. The normalized spacial score (nSPS) is 18.0. The lowest BCUT2D eigenvalue weighted by Crippen LogP contribution is -2.25. The molecule has 2 aromatic rings. The second kappa shape index (κ2) is 7.23. The third-order valence-corrected chi connectivity index (χ3v) is 5.40. The average Bonchev–Trinajstić information content (AvgIpc) is 2.59. The lowest BCUT2D eigenvalue weighted by molar-refractivity contribution is -0.385. The fourth-order valence-corrected chi connectivity index (χ4v) is 3.67. The second-order valence-corrected chi connectivity index (χ2v) is 7.44. The van der Waals surface area contributed by atoms with Crippen molar-refractivity contribution in [3.63, 3.8) is 0 Å². The largest absolute Gasteiger partial charge is 0.306 e. The van der Waals surface area contributed by atoms with Crippen LogP contribution in [0.3, 0.4) is 0 Å². The molecular formula is C18H20N2O3S. The number of nitro benzene ring substituents is 1. The molecule has 1 aliphatic rings. The molecule has 0 radical (unpaired) electrons. The maximum absolute atomic E-state index is 11.4. The first kappa shape index (κ1) is 16.8. The fourth-order valence-electron chi connectivity index (χ4n) is 3.15. The van der Waals surface area contributed by atoms with Crippen LogP contribution in [0.1, 0.15) is 35.6 Å². The van der Waals surface area contributed by atoms with E-state index in [9.17, 15) is 14.3 Å². The van der Waals surface area contributed by atoms with Gasteiger partial charge in [-0.15, -0.1) is 0 Å². The summed E-state index contributed by atoms with van der Waals surface area (Å²) in [5, 5.41) is 14.5. The van der Waals surface area contributed by atoms with Gasteiger partial charge in [0.05, 0.1) is 4.92 Å². The van der Waals surface area contributed by atoms with E-state index in [0.29, 0.717) is 6.54 Å². The van der Waals surface area contributed by atoms with E-state index in [-0.39, 0.29) is 16.7 Å². The highest BCUT2D eigenvalue weighted by Crippen LogP contribution is 2.32. The molecular weight excluding hydrogens is 324 g/mol. The monoisotopic (exact) mass is 344 g/mol. The van der Waals surface area contributed by atoms with Crippen LogP contribution in [0.4, 0.5) is 5.69 Å². The molecule has 126 valence electrons. The number of hydrogen-bond acceptors (Lipinski definition) is 4. The summed E-state index contributed by atoms with van der Waals surface area (Å²) in [6.45, 7) is 0.684. The maximum atomic E-state index is 11.4. The first-order valence-electron chi connectivity index (χ1n) is 7.97. The summed E-state index contributed by atoms with van der Waals surface area (Å²) in [7, 11) is -0.967. The van der Waals surface area contributed by atoms with Gasteiger partial charge in [-0.2, -0.15) is 0 Å². The van der Waals surface area contributed by atoms with E-state index in [1.807, 2.05) is 30.3 Å². The molecule has 0 heterocycles. The SMILES string of the molecule is C[S@@](=O)c1ccc(CN[C@H]2CCCc3ccc([N+](=O)[O-])cc32)cc1. The maximum Gasteiger partial charge on any atom is 0.269 e. The van der Waals surface area contributed by atoms with Crippen molar-refractivity contribution in [1.29, 1.82) is 0 Å². The molecule has 0 unspecified atom stereocenters. The summed E-state index contributed by atoms with van der Waals surface area (Å²) in [5.41, 5.74) is 3.50. The van der Waals surface area contributed by atoms with Crippen molar-refractivity contribution in [3.8, 4) is 0 Å². The van der Waals surface area contributed by atoms with Crippen molar-refractivity contribution in [2.45, 2.75) is 36.7 Å². The Labute approximate surface area is 143 Å². The van der Waals surface area contributed by atoms with Crippen molar-refractivity contribution in [2.24, 2.45) is 0 Å². The number of fused-ring (bicyclic) bond motifs is 1. The van der Waals surface area contributed by atoms with Gasteiger partial charge in [-0.25, -0.2) is 0 Å². The molecule has 0 bridgehead atoms. The molecule has 1 aliphatic carbocycles. The third kappa shape index (κ3) is 3.71. The summed E-state index contributed by atoms with van der Waals surface area (Å²) in [6, 6.07) is 13.0. The number of nitrogens with zero attached hydrogens (tertiary/aromatic N) is 1. The van der Waals surface area contributed by atoms with Crippen LogP contribution >= 0.6 is 0 Å². The van der Waals surface area contributed by atoms with Crippen molar-refractivity contribution in [1.82, 2.24) is 5.32 Å². The standard InChI is InChI=1S/C18H20N2O3S/c1-24(23)16-9-5-13(6-10-16)12-19-18-4-2-3-14-7-8-15(20(21)22)11-17(14)18/h5-11,18-19H,2-4,12H2,1H3/t18-,24+/m0/s1. The third-order valence-electron chi connectivity index (χ3n) is 4.46. The van der Waals surface area contributed by atoms with Gasteiger partial charge >= 0.3 is 0 Å². The summed E-state index contributed by atoms with van der Waals surface area (Å²) < 4.78 is 11.4. The Morgan fingerprint density at radius 2 is 2.00 bits per heavy atom. The zero-order valence-electron chi connectivity index (χ0n) is 13.5. The van der Waals surface area contributed by atoms with Crippen LogP contribution in [-0.2, 0) is 23.8 Å². The Morgan fingerprint density at radius 3 is 2.67 bits per heavy atom. The van der Waals surface area contributed by atoms with Gasteiger partial charge in [0.25, 0.3) is 5.69 Å². The van der Waals surface area contributed by atoms with Crippen molar-refractivity contribution in [2.75, 3.05) is 6.26 Å². The number of benzene rings is 2. The zero-order valence-corrected chi connectivity index (χ0v) is 14.3. The molecule has 0 aliphatic heterocycles. The van der Waals surface area contributed by atoms with Crippen LogP contribution in [0.25, 0.3) is 0 Å². The Bertz CT molecular complexity index is 774. The highest BCUT2D eigenvalue weighted by molar-refractivity contribution is 7.84. The van der Waals surface area contributed by atoms with Gasteiger partial charge in [0, 0.05) is 46.7 Å². The van der Waals surface area contributed by atoms with Crippen LogP contribution in [0.5, 0.6) is 0 Å². The van der Waals surface area contributed by atoms with Crippen LogP contribution < -0.4 is 5.32 Å². The Hall–Kier alpha value is -2.05. The number of nitrogens with one attached hydrogen (secondary N) is 1. The highest BCUT2D eigenvalue weighted by atomic mass is 32.2. The number of hydrogen-bond donors (Lipinski definition) is 1. The number of nitro groups is 1. The molecule has 2 aromatic carbocycles. The topological polar surface area (TPSA) is 72.2 Å². The number of rotatable bonds is 5. The molecule has 2 atom stereocenters. The lowest BCUT2D eigenvalue weighted by Gasteiger charge is -2.26. The molecule has 3 rings (SSSR count). The highest BCUT2D eigenvalue weighted by Gasteiger charge is 2.22. The van der Waals surface area contributed by atoms with Gasteiger partial charge in [-0.05, 0) is 48.1 Å². The molecule has 5 nitrogen and oxygen atoms in total. The van der Waals surface area contributed by atoms with E-state index in [4.69, 9.17) is 0 Å². The molecule has 6 heteroatoms. The molecule has 0 aromatic heterocycles. The predicted octanol–water partition coefficient (Wildman–Crippen LogP) is 3.50. The Balaban J connectivity index is 1.73. The van der Waals surface area contributed by atoms with E-state index in [2.05, 4.69) is 5.32 Å². The van der Waals surface area contributed by atoms with Crippen molar-refractivity contribution < 1.29 is 9.13 Å². The van der Waals surface area contributed by atoms with Crippen molar-refractivity contribution in [3.05, 3.63) is 69.3 Å². The minimum absolute atomic E-state index is 0.133. The van der Waals surface area contributed by atoms with E-state index in [1.54, 1.807) is 18.4 Å². The minimum Gasteiger partial charge on any atom is -0.306 e. The van der Waals surface area contributed by atoms with Gasteiger partial charge in [0.2, 0.25) is 0 Å². The van der Waals surface area contributed by atoms with E-state index in [0.717, 1.165) is 35.3 Å². The molecule has 1 N–H and O–H groups in total. The first-order chi connectivity index (χ1) is 11.5. The Kier molecular flexibility index (Phi) is 5.06. The van der Waals surface area contributed by atoms with Gasteiger partial charge in [0.1, 0.15) is 0 Å². The molecule has 24 heavy (non-hydrogen) atoms. The van der Waals surface area contributed by atoms with Crippen LogP contribution in [0.2, 0.25) is 0 Å². The average molecular weight is 344 g/mol. The van der Waals surface area contributed by atoms with Gasteiger partial charge in [0.15, 0.2) is 0 Å². The number of aryl methyl sites for hydroxylation is 1. The van der Waals surface area contributed by atoms with Gasteiger partial charge in [-0.3, -0.25) is 14.3 Å². The fraction of sp³-hybridized carbons (Fsp3) is 0.333. The van der Waals surface area contributed by atoms with E-state index >= 15 is 0 Å². The summed E-state index contributed by atoms with van der Waals surface area (Å²) in [6.07, 6.45) is 4.70. The van der Waals surface area contributed by atoms with Crippen LogP contribution in [-0.4, -0.2) is 15.4 Å². The molecule has 0 fully saturated rings. The number of non-ortho nitro benzene ring substituents is 1. The Morgan fingerprint density at radius 1 is 1.25 bits per heavy atom. The summed E-state index contributed by atoms with van der Waals surface area (Å²) in [5.74, 6) is 0. The van der Waals surface area contributed by atoms with Gasteiger partial charge in [-0.1, -0.05) is 18.2 Å². The molecule has 0 saturated heterocycles. The summed E-state index contributed by atoms with van der Waals surface area (Å²) in [4.78, 5) is 11.5. The molecule has 0 spiro atoms. The van der Waals surface area contributed by atoms with Crippen LogP contribution in [0.15, 0.2) is 47.4 Å². The van der Waals surface area contributed by atoms with Crippen LogP contribution in [0, 0.1) is 10.1 Å². The van der Waals surface area contributed by atoms with Crippen molar-refractivity contribution >= 4 is 16.5 Å². The molecule has 0 amide bonds. The minimum atomic E-state index is -0.967. The quantitative estimate of drug-likeness (QED) is 0.665. The van der Waals surface area contributed by atoms with E-state index in [1.165, 1.54) is 5.56 Å².